The highest BCUT2D eigenvalue weighted by Crippen LogP contribution is 2.36. The van der Waals surface area contributed by atoms with Gasteiger partial charge >= 0.3 is 5.97 Å². The molecule has 0 aromatic carbocycles. The molecule has 0 rings (SSSR count). The second-order valence-electron chi connectivity index (χ2n) is 9.62. The van der Waals surface area contributed by atoms with E-state index in [4.69, 9.17) is 4.43 Å². The molecule has 0 fully saturated rings. The average molecular weight is 371 g/mol. The summed E-state index contributed by atoms with van der Waals surface area (Å²) >= 11 is 0. The number of hydrogen-bond donors (Lipinski definition) is 1. The molecule has 3 nitrogen and oxygen atoms in total. The van der Waals surface area contributed by atoms with Gasteiger partial charge in [0, 0.05) is 6.61 Å². The maximum atomic E-state index is 11.8. The van der Waals surface area contributed by atoms with Crippen LogP contribution in [0.1, 0.15) is 67.7 Å². The van der Waals surface area contributed by atoms with Gasteiger partial charge in [-0.1, -0.05) is 60.6 Å². The fourth-order valence-corrected chi connectivity index (χ4v) is 3.71. The van der Waals surface area contributed by atoms with Gasteiger partial charge in [-0.2, -0.15) is 0 Å². The Bertz CT molecular complexity index is 419. The van der Waals surface area contributed by atoms with Crippen LogP contribution in [0.15, 0.2) is 12.2 Å². The molecule has 148 valence electrons. The molecule has 0 unspecified atom stereocenters. The molecule has 4 heteroatoms. The molecular weight excluding hydrogens is 328 g/mol. The van der Waals surface area contributed by atoms with Gasteiger partial charge in [0.2, 0.25) is 0 Å². The highest BCUT2D eigenvalue weighted by Gasteiger charge is 2.37. The maximum absolute atomic E-state index is 11.8. The summed E-state index contributed by atoms with van der Waals surface area (Å²) in [6.07, 6.45) is 6.81. The van der Waals surface area contributed by atoms with Gasteiger partial charge < -0.3 is 9.53 Å². The van der Waals surface area contributed by atoms with E-state index in [0.717, 1.165) is 25.9 Å². The van der Waals surface area contributed by atoms with Crippen LogP contribution in [0.2, 0.25) is 18.1 Å². The van der Waals surface area contributed by atoms with E-state index in [0.29, 0.717) is 11.8 Å². The smallest absolute Gasteiger partial charge is 0.307 e. The third-order valence-electron chi connectivity index (χ3n) is 5.25. The van der Waals surface area contributed by atoms with Gasteiger partial charge in [-0.15, -0.1) is 0 Å². The Morgan fingerprint density at radius 3 is 2.08 bits per heavy atom. The number of carbonyl (C=O) groups is 1. The van der Waals surface area contributed by atoms with Gasteiger partial charge in [0.25, 0.3) is 0 Å². The lowest BCUT2D eigenvalue weighted by atomic mass is 9.82. The molecule has 0 saturated heterocycles. The van der Waals surface area contributed by atoms with E-state index in [1.807, 2.05) is 0 Å². The Labute approximate surface area is 157 Å². The minimum absolute atomic E-state index is 0.0883. The van der Waals surface area contributed by atoms with Crippen molar-refractivity contribution in [2.45, 2.75) is 85.9 Å². The van der Waals surface area contributed by atoms with Crippen LogP contribution in [0.4, 0.5) is 0 Å². The molecule has 0 aliphatic carbocycles. The lowest BCUT2D eigenvalue weighted by Gasteiger charge is -2.36. The van der Waals surface area contributed by atoms with Crippen molar-refractivity contribution in [2.24, 2.45) is 23.7 Å². The number of hydrogen-bond acceptors (Lipinski definition) is 2. The molecule has 0 bridgehead atoms. The highest BCUT2D eigenvalue weighted by molar-refractivity contribution is 6.74. The first-order valence-corrected chi connectivity index (χ1v) is 12.7. The highest BCUT2D eigenvalue weighted by atomic mass is 28.4. The van der Waals surface area contributed by atoms with Crippen molar-refractivity contribution < 1.29 is 14.3 Å². The first-order chi connectivity index (χ1) is 11.3. The minimum Gasteiger partial charge on any atom is -0.481 e. The normalized spacial score (nSPS) is 16.0. The molecule has 0 aromatic rings. The van der Waals surface area contributed by atoms with Crippen LogP contribution in [0, 0.1) is 23.7 Å². The average Bonchev–Trinajstić information content (AvgIpc) is 2.42. The second kappa shape index (κ2) is 10.5. The van der Waals surface area contributed by atoms with Crippen LogP contribution in [-0.2, 0) is 9.22 Å². The summed E-state index contributed by atoms with van der Waals surface area (Å²) in [5.41, 5.74) is 0. The first kappa shape index (κ1) is 24.4. The Hall–Kier alpha value is -0.613. The van der Waals surface area contributed by atoms with E-state index >= 15 is 0 Å². The topological polar surface area (TPSA) is 46.5 Å². The van der Waals surface area contributed by atoms with Crippen molar-refractivity contribution >= 4 is 14.3 Å². The molecule has 2 atom stereocenters. The van der Waals surface area contributed by atoms with Crippen LogP contribution in [0.25, 0.3) is 0 Å². The van der Waals surface area contributed by atoms with E-state index in [1.54, 1.807) is 0 Å². The van der Waals surface area contributed by atoms with Crippen molar-refractivity contribution in [2.75, 3.05) is 6.61 Å². The predicted octanol–water partition coefficient (Wildman–Crippen LogP) is 6.36. The van der Waals surface area contributed by atoms with Crippen molar-refractivity contribution in [1.82, 2.24) is 0 Å². The van der Waals surface area contributed by atoms with Gasteiger partial charge in [-0.25, -0.2) is 0 Å². The van der Waals surface area contributed by atoms with Crippen LogP contribution < -0.4 is 0 Å². The van der Waals surface area contributed by atoms with Gasteiger partial charge in [-0.3, -0.25) is 4.79 Å². The summed E-state index contributed by atoms with van der Waals surface area (Å²) in [6.45, 7) is 20.5. The summed E-state index contributed by atoms with van der Waals surface area (Å²) < 4.78 is 6.26. The zero-order valence-electron chi connectivity index (χ0n) is 18.1. The number of carboxylic acids is 1. The summed E-state index contributed by atoms with van der Waals surface area (Å²) in [4.78, 5) is 11.8. The Kier molecular flexibility index (Phi) is 10.3. The van der Waals surface area contributed by atoms with Crippen molar-refractivity contribution in [1.29, 1.82) is 0 Å². The molecule has 0 heterocycles. The Balaban J connectivity index is 4.88. The lowest BCUT2D eigenvalue weighted by Crippen LogP contribution is -2.41. The number of rotatable bonds is 11. The van der Waals surface area contributed by atoms with E-state index in [2.05, 4.69) is 73.7 Å². The maximum Gasteiger partial charge on any atom is 0.307 e. The van der Waals surface area contributed by atoms with Gasteiger partial charge in [0.15, 0.2) is 8.32 Å². The van der Waals surface area contributed by atoms with E-state index < -0.39 is 14.3 Å². The molecular formula is C21H42O3Si. The Morgan fingerprint density at radius 2 is 1.68 bits per heavy atom. The zero-order chi connectivity index (χ0) is 19.8. The number of aliphatic carboxylic acids is 1. The van der Waals surface area contributed by atoms with Crippen molar-refractivity contribution in [3.8, 4) is 0 Å². The van der Waals surface area contributed by atoms with Crippen LogP contribution >= 0.6 is 0 Å². The van der Waals surface area contributed by atoms with Crippen molar-refractivity contribution in [3.63, 3.8) is 0 Å². The molecule has 1 N–H and O–H groups in total. The third-order valence-corrected chi connectivity index (χ3v) is 9.79. The third kappa shape index (κ3) is 9.60. The van der Waals surface area contributed by atoms with Crippen LogP contribution in [-0.4, -0.2) is 26.0 Å². The molecule has 0 aromatic heterocycles. The summed E-state index contributed by atoms with van der Waals surface area (Å²) in [5.74, 6) is -0.0513. The second-order valence-corrected chi connectivity index (χ2v) is 14.4. The fourth-order valence-electron chi connectivity index (χ4n) is 2.63. The predicted molar refractivity (Wildman–Crippen MR) is 110 cm³/mol. The van der Waals surface area contributed by atoms with Crippen LogP contribution in [0.5, 0.6) is 0 Å². The van der Waals surface area contributed by atoms with Gasteiger partial charge in [0.1, 0.15) is 0 Å². The molecule has 0 spiro atoms. The SMILES string of the molecule is CC(C)/C=C/[C@H](CCCO[Si](C)(C)C(C)(C)C)[C@@H](CC(C)C)C(=O)O. The molecule has 0 radical (unpaired) electrons. The quantitative estimate of drug-likeness (QED) is 0.261. The van der Waals surface area contributed by atoms with E-state index in [-0.39, 0.29) is 16.9 Å². The standard InChI is InChI=1S/C21H42O3Si/c1-16(2)12-13-18(19(20(22)23)15-17(3)4)11-10-14-24-25(8,9)21(5,6)7/h12-13,16-19H,10-11,14-15H2,1-9H3,(H,22,23)/b13-12+/t18-,19+/m0/s1. The van der Waals surface area contributed by atoms with Gasteiger partial charge in [0.05, 0.1) is 5.92 Å². The van der Waals surface area contributed by atoms with Crippen molar-refractivity contribution in [3.05, 3.63) is 12.2 Å². The summed E-state index contributed by atoms with van der Waals surface area (Å²) in [6, 6.07) is 0. The Morgan fingerprint density at radius 1 is 1.12 bits per heavy atom. The minimum atomic E-state index is -1.72. The number of allylic oxidation sites excluding steroid dienone is 2. The van der Waals surface area contributed by atoms with E-state index in [9.17, 15) is 9.90 Å². The van der Waals surface area contributed by atoms with E-state index in [1.165, 1.54) is 0 Å². The van der Waals surface area contributed by atoms with Crippen LogP contribution in [0.3, 0.4) is 0 Å². The molecule has 0 aliphatic heterocycles. The molecule has 0 saturated carbocycles. The lowest BCUT2D eigenvalue weighted by molar-refractivity contribution is -0.143. The van der Waals surface area contributed by atoms with Gasteiger partial charge in [-0.05, 0) is 55.1 Å². The first-order valence-electron chi connectivity index (χ1n) is 9.83. The largest absolute Gasteiger partial charge is 0.481 e. The molecule has 25 heavy (non-hydrogen) atoms. The number of carboxylic acid groups (broad SMARTS) is 1. The molecule has 0 aliphatic rings. The monoisotopic (exact) mass is 370 g/mol. The zero-order valence-corrected chi connectivity index (χ0v) is 19.1. The molecule has 0 amide bonds. The summed E-state index contributed by atoms with van der Waals surface area (Å²) in [7, 11) is -1.72. The summed E-state index contributed by atoms with van der Waals surface area (Å²) in [5, 5.41) is 9.91. The fraction of sp³-hybridized carbons (Fsp3) is 0.857.